The fourth-order valence-corrected chi connectivity index (χ4v) is 5.34. The van der Waals surface area contributed by atoms with Crippen LogP contribution < -0.4 is 5.56 Å². The molecule has 2 fully saturated rings. The van der Waals surface area contributed by atoms with E-state index in [9.17, 15) is 9.59 Å². The molecule has 0 N–H and O–H groups in total. The average Bonchev–Trinajstić information content (AvgIpc) is 3.23. The molecule has 1 saturated heterocycles. The van der Waals surface area contributed by atoms with Gasteiger partial charge in [-0.05, 0) is 44.7 Å². The Labute approximate surface area is 164 Å². The minimum absolute atomic E-state index is 0.0378. The summed E-state index contributed by atoms with van der Waals surface area (Å²) in [5.41, 5.74) is 0.758. The van der Waals surface area contributed by atoms with Crippen LogP contribution >= 0.6 is 11.8 Å². The molecule has 2 aromatic rings. The number of hydrogen-bond donors (Lipinski definition) is 0. The molecule has 1 aliphatic heterocycles. The minimum Gasteiger partial charge on any atom is -0.342 e. The van der Waals surface area contributed by atoms with Gasteiger partial charge in [0.05, 0.1) is 16.2 Å². The Hall–Kier alpha value is -1.82. The molecule has 6 heteroatoms. The number of fused-ring (bicyclic) bond motifs is 1. The largest absolute Gasteiger partial charge is 0.342 e. The first-order chi connectivity index (χ1) is 13.1. The first-order valence-electron chi connectivity index (χ1n) is 10.1. The fourth-order valence-electron chi connectivity index (χ4n) is 4.27. The van der Waals surface area contributed by atoms with Crippen molar-refractivity contribution in [3.8, 4) is 0 Å². The topological polar surface area (TPSA) is 55.2 Å². The number of likely N-dealkylation sites (tertiary alicyclic amines) is 1. The van der Waals surface area contributed by atoms with Gasteiger partial charge >= 0.3 is 0 Å². The van der Waals surface area contributed by atoms with Crippen LogP contribution in [0.15, 0.2) is 34.2 Å². The van der Waals surface area contributed by atoms with Crippen LogP contribution in [0, 0.1) is 0 Å². The highest BCUT2D eigenvalue weighted by Gasteiger charge is 2.28. The van der Waals surface area contributed by atoms with E-state index in [0.29, 0.717) is 10.5 Å². The highest BCUT2D eigenvalue weighted by atomic mass is 32.2. The number of amides is 1. The lowest BCUT2D eigenvalue weighted by molar-refractivity contribution is -0.129. The molecule has 0 bridgehead atoms. The summed E-state index contributed by atoms with van der Waals surface area (Å²) in [5.74, 6) is 0.162. The van der Waals surface area contributed by atoms with Gasteiger partial charge in [0.15, 0.2) is 5.16 Å². The fraction of sp³-hybridized carbons (Fsp3) is 0.571. The molecule has 1 aliphatic carbocycles. The van der Waals surface area contributed by atoms with Gasteiger partial charge in [-0.15, -0.1) is 0 Å². The summed E-state index contributed by atoms with van der Waals surface area (Å²) in [6.07, 6.45) is 7.74. The van der Waals surface area contributed by atoms with Crippen LogP contribution in [0.5, 0.6) is 0 Å². The van der Waals surface area contributed by atoms with Gasteiger partial charge in [-0.25, -0.2) is 4.98 Å². The SMILES string of the molecule is C[C@H](Sc1nc2ccccc2c(=O)n1C1CCCCC1)C(=O)N1CCCC1. The molecule has 2 heterocycles. The van der Waals surface area contributed by atoms with Gasteiger partial charge in [0.1, 0.15) is 0 Å². The number of carbonyl (C=O) groups excluding carboxylic acids is 1. The molecule has 4 rings (SSSR count). The summed E-state index contributed by atoms with van der Waals surface area (Å²) in [6.45, 7) is 3.65. The maximum atomic E-state index is 13.3. The number of benzene rings is 1. The standard InChI is InChI=1S/C21H27N3O2S/c1-15(19(25)23-13-7-8-14-23)27-21-22-18-12-6-5-11-17(18)20(26)24(21)16-9-3-2-4-10-16/h5-6,11-12,15-16H,2-4,7-10,13-14H2,1H3/t15-/m0/s1. The zero-order chi connectivity index (χ0) is 18.8. The molecule has 0 radical (unpaired) electrons. The maximum absolute atomic E-state index is 13.3. The van der Waals surface area contributed by atoms with Crippen molar-refractivity contribution >= 4 is 28.6 Å². The first kappa shape index (κ1) is 18.5. The summed E-state index contributed by atoms with van der Waals surface area (Å²) in [4.78, 5) is 32.8. The molecule has 144 valence electrons. The molecule has 0 unspecified atom stereocenters. The Morgan fingerprint density at radius 1 is 1.11 bits per heavy atom. The van der Waals surface area contributed by atoms with Gasteiger partial charge in [-0.2, -0.15) is 0 Å². The van der Waals surface area contributed by atoms with Gasteiger partial charge < -0.3 is 4.90 Å². The molecule has 1 aromatic heterocycles. The molecule has 2 aliphatic rings. The molecular weight excluding hydrogens is 358 g/mol. The molecule has 27 heavy (non-hydrogen) atoms. The van der Waals surface area contributed by atoms with Crippen LogP contribution in [0.25, 0.3) is 10.9 Å². The lowest BCUT2D eigenvalue weighted by atomic mass is 9.95. The normalized spacial score (nSPS) is 19.5. The smallest absolute Gasteiger partial charge is 0.262 e. The van der Waals surface area contributed by atoms with E-state index in [4.69, 9.17) is 4.98 Å². The highest BCUT2D eigenvalue weighted by molar-refractivity contribution is 8.00. The van der Waals surface area contributed by atoms with E-state index in [-0.39, 0.29) is 22.8 Å². The molecule has 5 nitrogen and oxygen atoms in total. The van der Waals surface area contributed by atoms with E-state index < -0.39 is 0 Å². The Kier molecular flexibility index (Phi) is 5.53. The van der Waals surface area contributed by atoms with Crippen molar-refractivity contribution in [2.75, 3.05) is 13.1 Å². The minimum atomic E-state index is -0.231. The predicted octanol–water partition coefficient (Wildman–Crippen LogP) is 4.00. The second-order valence-electron chi connectivity index (χ2n) is 7.67. The summed E-state index contributed by atoms with van der Waals surface area (Å²) >= 11 is 1.45. The number of nitrogens with zero attached hydrogens (tertiary/aromatic N) is 3. The van der Waals surface area contributed by atoms with Crippen LogP contribution in [-0.2, 0) is 4.79 Å². The second kappa shape index (κ2) is 8.05. The number of para-hydroxylation sites is 1. The Bertz CT molecular complexity index is 883. The third-order valence-electron chi connectivity index (χ3n) is 5.76. The summed E-state index contributed by atoms with van der Waals surface area (Å²) in [6, 6.07) is 7.74. The van der Waals surface area contributed by atoms with Crippen molar-refractivity contribution in [3.63, 3.8) is 0 Å². The van der Waals surface area contributed by atoms with Crippen molar-refractivity contribution in [2.45, 2.75) is 68.3 Å². The van der Waals surface area contributed by atoms with E-state index in [2.05, 4.69) is 0 Å². The van der Waals surface area contributed by atoms with E-state index in [0.717, 1.165) is 57.1 Å². The van der Waals surface area contributed by atoms with Gasteiger partial charge in [-0.1, -0.05) is 43.2 Å². The van der Waals surface area contributed by atoms with E-state index in [1.807, 2.05) is 40.7 Å². The van der Waals surface area contributed by atoms with Crippen LogP contribution in [0.1, 0.15) is 57.9 Å². The summed E-state index contributed by atoms with van der Waals surface area (Å²) in [5, 5.41) is 1.14. The van der Waals surface area contributed by atoms with Crippen molar-refractivity contribution in [2.24, 2.45) is 0 Å². The third-order valence-corrected chi connectivity index (χ3v) is 6.82. The van der Waals surface area contributed by atoms with Gasteiger partial charge in [0, 0.05) is 19.1 Å². The predicted molar refractivity (Wildman–Crippen MR) is 109 cm³/mol. The van der Waals surface area contributed by atoms with Crippen LogP contribution in [0.4, 0.5) is 0 Å². The summed E-state index contributed by atoms with van der Waals surface area (Å²) < 4.78 is 1.89. The molecule has 1 amide bonds. The lowest BCUT2D eigenvalue weighted by Gasteiger charge is -2.27. The first-order valence-corrected chi connectivity index (χ1v) is 11.0. The van der Waals surface area contributed by atoms with Crippen LogP contribution in [-0.4, -0.2) is 38.7 Å². The van der Waals surface area contributed by atoms with E-state index in [1.165, 1.54) is 18.2 Å². The van der Waals surface area contributed by atoms with Crippen molar-refractivity contribution in [3.05, 3.63) is 34.6 Å². The molecule has 1 atom stereocenters. The Morgan fingerprint density at radius 2 is 1.81 bits per heavy atom. The second-order valence-corrected chi connectivity index (χ2v) is 8.98. The van der Waals surface area contributed by atoms with Crippen molar-refractivity contribution < 1.29 is 4.79 Å². The third kappa shape index (κ3) is 3.77. The molecule has 1 aromatic carbocycles. The summed E-state index contributed by atoms with van der Waals surface area (Å²) in [7, 11) is 0. The number of aromatic nitrogens is 2. The number of thioether (sulfide) groups is 1. The molecule has 1 saturated carbocycles. The van der Waals surface area contributed by atoms with Crippen molar-refractivity contribution in [1.82, 2.24) is 14.5 Å². The van der Waals surface area contributed by atoms with Crippen LogP contribution in [0.3, 0.4) is 0 Å². The van der Waals surface area contributed by atoms with E-state index in [1.54, 1.807) is 0 Å². The highest BCUT2D eigenvalue weighted by Crippen LogP contribution is 2.32. The molecular formula is C21H27N3O2S. The van der Waals surface area contributed by atoms with Crippen LogP contribution in [0.2, 0.25) is 0 Å². The zero-order valence-electron chi connectivity index (χ0n) is 15.9. The zero-order valence-corrected chi connectivity index (χ0v) is 16.7. The number of hydrogen-bond acceptors (Lipinski definition) is 4. The molecule has 0 spiro atoms. The number of carbonyl (C=O) groups is 1. The Morgan fingerprint density at radius 3 is 2.56 bits per heavy atom. The van der Waals surface area contributed by atoms with Crippen molar-refractivity contribution in [1.29, 1.82) is 0 Å². The maximum Gasteiger partial charge on any atom is 0.262 e. The lowest BCUT2D eigenvalue weighted by Crippen LogP contribution is -2.35. The number of rotatable bonds is 4. The monoisotopic (exact) mass is 385 g/mol. The quantitative estimate of drug-likeness (QED) is 0.589. The Balaban J connectivity index is 1.71. The van der Waals surface area contributed by atoms with E-state index >= 15 is 0 Å². The van der Waals surface area contributed by atoms with Gasteiger partial charge in [0.25, 0.3) is 5.56 Å². The van der Waals surface area contributed by atoms with Gasteiger partial charge in [-0.3, -0.25) is 14.2 Å². The van der Waals surface area contributed by atoms with Gasteiger partial charge in [0.2, 0.25) is 5.91 Å². The average molecular weight is 386 g/mol.